The highest BCUT2D eigenvalue weighted by Crippen LogP contribution is 2.24. The van der Waals surface area contributed by atoms with E-state index in [4.69, 9.17) is 0 Å². The second-order valence-electron chi connectivity index (χ2n) is 7.39. The molecule has 26 heavy (non-hydrogen) atoms. The predicted octanol–water partition coefficient (Wildman–Crippen LogP) is 4.71. The largest absolute Gasteiger partial charge is 0.367 e. The molecular formula is C21H28N4O. The van der Waals surface area contributed by atoms with Crippen LogP contribution in [0, 0.1) is 27.7 Å². The van der Waals surface area contributed by atoms with E-state index in [0.29, 0.717) is 17.6 Å². The van der Waals surface area contributed by atoms with Gasteiger partial charge in [-0.15, -0.1) is 0 Å². The topological polar surface area (TPSA) is 66.9 Å². The molecule has 0 saturated heterocycles. The maximum Gasteiger partial charge on any atom is 0.274 e. The van der Waals surface area contributed by atoms with Gasteiger partial charge in [0, 0.05) is 17.8 Å². The zero-order chi connectivity index (χ0) is 18.7. The number of hydrogen-bond donors (Lipinski definition) is 2. The van der Waals surface area contributed by atoms with Gasteiger partial charge in [-0.2, -0.15) is 0 Å². The zero-order valence-corrected chi connectivity index (χ0v) is 16.1. The Morgan fingerprint density at radius 1 is 0.962 bits per heavy atom. The van der Waals surface area contributed by atoms with E-state index in [-0.39, 0.29) is 5.91 Å². The van der Waals surface area contributed by atoms with Gasteiger partial charge in [0.15, 0.2) is 0 Å². The smallest absolute Gasteiger partial charge is 0.274 e. The molecule has 1 heterocycles. The van der Waals surface area contributed by atoms with E-state index in [2.05, 4.69) is 39.7 Å². The number of carbonyl (C=O) groups is 1. The van der Waals surface area contributed by atoms with Crippen molar-refractivity contribution in [1.29, 1.82) is 0 Å². The first kappa shape index (κ1) is 18.4. The molecule has 2 aromatic rings. The van der Waals surface area contributed by atoms with Gasteiger partial charge >= 0.3 is 0 Å². The van der Waals surface area contributed by atoms with Gasteiger partial charge in [0.1, 0.15) is 17.3 Å². The molecule has 1 aromatic carbocycles. The number of hydrogen-bond acceptors (Lipinski definition) is 4. The van der Waals surface area contributed by atoms with Crippen molar-refractivity contribution in [2.24, 2.45) is 0 Å². The Morgan fingerprint density at radius 2 is 1.62 bits per heavy atom. The monoisotopic (exact) mass is 352 g/mol. The fourth-order valence-electron chi connectivity index (χ4n) is 3.77. The van der Waals surface area contributed by atoms with Crippen LogP contribution in [0.1, 0.15) is 65.1 Å². The summed E-state index contributed by atoms with van der Waals surface area (Å²) in [6, 6.07) is 6.35. The first-order valence-corrected chi connectivity index (χ1v) is 9.44. The van der Waals surface area contributed by atoms with Crippen molar-refractivity contribution in [3.05, 3.63) is 46.4 Å². The number of anilines is 2. The summed E-state index contributed by atoms with van der Waals surface area (Å²) in [6.45, 7) is 7.90. The molecule has 1 aromatic heterocycles. The molecule has 0 spiro atoms. The lowest BCUT2D eigenvalue weighted by molar-refractivity contribution is 0.102. The maximum atomic E-state index is 12.8. The van der Waals surface area contributed by atoms with Gasteiger partial charge in [0.05, 0.1) is 0 Å². The Balaban J connectivity index is 1.79. The SMILES string of the molecule is Cc1cc(C)c(NC(=O)c2cc(NC3CCCCC3)nc(C)n2)c(C)c1. The van der Waals surface area contributed by atoms with Crippen LogP contribution >= 0.6 is 0 Å². The third-order valence-electron chi connectivity index (χ3n) is 4.94. The molecule has 0 unspecified atom stereocenters. The minimum Gasteiger partial charge on any atom is -0.367 e. The van der Waals surface area contributed by atoms with E-state index in [1.807, 2.05) is 20.8 Å². The summed E-state index contributed by atoms with van der Waals surface area (Å²) in [4.78, 5) is 21.6. The summed E-state index contributed by atoms with van der Waals surface area (Å²) in [5.74, 6) is 1.15. The fourth-order valence-corrected chi connectivity index (χ4v) is 3.77. The van der Waals surface area contributed by atoms with E-state index >= 15 is 0 Å². The van der Waals surface area contributed by atoms with Crippen molar-refractivity contribution in [3.63, 3.8) is 0 Å². The lowest BCUT2D eigenvalue weighted by atomic mass is 9.95. The summed E-state index contributed by atoms with van der Waals surface area (Å²) in [5, 5.41) is 6.50. The van der Waals surface area contributed by atoms with Crippen LogP contribution in [0.5, 0.6) is 0 Å². The van der Waals surface area contributed by atoms with Crippen molar-refractivity contribution in [2.75, 3.05) is 10.6 Å². The maximum absolute atomic E-state index is 12.8. The first-order chi connectivity index (χ1) is 12.4. The number of benzene rings is 1. The second kappa shape index (κ2) is 7.85. The number of nitrogens with one attached hydrogen (secondary N) is 2. The summed E-state index contributed by atoms with van der Waals surface area (Å²) in [5.41, 5.74) is 4.56. The highest BCUT2D eigenvalue weighted by atomic mass is 16.1. The molecule has 2 N–H and O–H groups in total. The molecule has 1 fully saturated rings. The Labute approximate surface area is 155 Å². The fraction of sp³-hybridized carbons (Fsp3) is 0.476. The van der Waals surface area contributed by atoms with E-state index in [9.17, 15) is 4.79 Å². The van der Waals surface area contributed by atoms with E-state index in [0.717, 1.165) is 35.5 Å². The number of aryl methyl sites for hydroxylation is 4. The standard InChI is InChI=1S/C21H28N4O/c1-13-10-14(2)20(15(3)11-13)25-21(26)18-12-19(23-16(4)22-18)24-17-8-6-5-7-9-17/h10-12,17H,5-9H2,1-4H3,(H,25,26)(H,22,23,24). The molecule has 138 valence electrons. The molecule has 0 aliphatic heterocycles. The molecule has 3 rings (SSSR count). The van der Waals surface area contributed by atoms with E-state index in [1.54, 1.807) is 6.07 Å². The highest BCUT2D eigenvalue weighted by molar-refractivity contribution is 6.04. The molecule has 1 amide bonds. The molecule has 0 bridgehead atoms. The molecule has 0 atom stereocenters. The van der Waals surface area contributed by atoms with Crippen LogP contribution in [0.2, 0.25) is 0 Å². The summed E-state index contributed by atoms with van der Waals surface area (Å²) >= 11 is 0. The van der Waals surface area contributed by atoms with Crippen molar-refractivity contribution in [3.8, 4) is 0 Å². The van der Waals surface area contributed by atoms with Gasteiger partial charge in [-0.3, -0.25) is 4.79 Å². The number of rotatable bonds is 4. The van der Waals surface area contributed by atoms with Crippen LogP contribution in [-0.2, 0) is 0 Å². The summed E-state index contributed by atoms with van der Waals surface area (Å²) in [6.07, 6.45) is 6.13. The molecule has 1 saturated carbocycles. The van der Waals surface area contributed by atoms with Gasteiger partial charge in [-0.05, 0) is 51.7 Å². The Hall–Kier alpha value is -2.43. The van der Waals surface area contributed by atoms with Gasteiger partial charge in [0.2, 0.25) is 0 Å². The Morgan fingerprint density at radius 3 is 2.27 bits per heavy atom. The van der Waals surface area contributed by atoms with Crippen LogP contribution in [0.4, 0.5) is 11.5 Å². The van der Waals surface area contributed by atoms with E-state index < -0.39 is 0 Å². The highest BCUT2D eigenvalue weighted by Gasteiger charge is 2.17. The van der Waals surface area contributed by atoms with Gasteiger partial charge in [0.25, 0.3) is 5.91 Å². The third-order valence-corrected chi connectivity index (χ3v) is 4.94. The Bertz CT molecular complexity index is 787. The summed E-state index contributed by atoms with van der Waals surface area (Å²) < 4.78 is 0. The molecular weight excluding hydrogens is 324 g/mol. The van der Waals surface area contributed by atoms with Crippen molar-refractivity contribution >= 4 is 17.4 Å². The minimum absolute atomic E-state index is 0.197. The number of nitrogens with zero attached hydrogens (tertiary/aromatic N) is 2. The van der Waals surface area contributed by atoms with Crippen LogP contribution in [0.3, 0.4) is 0 Å². The predicted molar refractivity (Wildman–Crippen MR) is 106 cm³/mol. The summed E-state index contributed by atoms with van der Waals surface area (Å²) in [7, 11) is 0. The molecule has 5 nitrogen and oxygen atoms in total. The van der Waals surface area contributed by atoms with E-state index in [1.165, 1.54) is 24.8 Å². The minimum atomic E-state index is -0.197. The van der Waals surface area contributed by atoms with Gasteiger partial charge < -0.3 is 10.6 Å². The van der Waals surface area contributed by atoms with Gasteiger partial charge in [-0.25, -0.2) is 9.97 Å². The number of amides is 1. The number of aromatic nitrogens is 2. The van der Waals surface area contributed by atoms with Crippen LogP contribution < -0.4 is 10.6 Å². The van der Waals surface area contributed by atoms with Crippen molar-refractivity contribution < 1.29 is 4.79 Å². The lowest BCUT2D eigenvalue weighted by Crippen LogP contribution is -2.24. The zero-order valence-electron chi connectivity index (χ0n) is 16.1. The van der Waals surface area contributed by atoms with Crippen molar-refractivity contribution in [1.82, 2.24) is 9.97 Å². The van der Waals surface area contributed by atoms with Crippen molar-refractivity contribution in [2.45, 2.75) is 65.8 Å². The van der Waals surface area contributed by atoms with Crippen LogP contribution in [0.25, 0.3) is 0 Å². The molecule has 5 heteroatoms. The molecule has 0 radical (unpaired) electrons. The van der Waals surface area contributed by atoms with Crippen LogP contribution in [-0.4, -0.2) is 21.9 Å². The molecule has 1 aliphatic rings. The lowest BCUT2D eigenvalue weighted by Gasteiger charge is -2.23. The van der Waals surface area contributed by atoms with Crippen LogP contribution in [0.15, 0.2) is 18.2 Å². The Kier molecular flexibility index (Phi) is 5.55. The normalized spacial score (nSPS) is 14.9. The third kappa shape index (κ3) is 4.40. The first-order valence-electron chi connectivity index (χ1n) is 9.44. The second-order valence-corrected chi connectivity index (χ2v) is 7.39. The molecule has 1 aliphatic carbocycles. The van der Waals surface area contributed by atoms with Gasteiger partial charge in [-0.1, -0.05) is 37.0 Å². The average molecular weight is 352 g/mol. The average Bonchev–Trinajstić information content (AvgIpc) is 2.58. The number of carbonyl (C=O) groups excluding carboxylic acids is 1. The quantitative estimate of drug-likeness (QED) is 0.836.